The van der Waals surface area contributed by atoms with E-state index in [4.69, 9.17) is 58.7 Å². The Hall–Kier alpha value is -5.28. The fourth-order valence-corrected chi connectivity index (χ4v) is 16.1. The molecule has 0 saturated heterocycles. The number of nitrogens with zero attached hydrogens (tertiary/aromatic N) is 4. The van der Waals surface area contributed by atoms with Crippen molar-refractivity contribution in [2.24, 2.45) is 81.0 Å². The molecule has 0 radical (unpaired) electrons. The number of nitrogens with one attached hydrogen (secondary N) is 4. The van der Waals surface area contributed by atoms with Crippen molar-refractivity contribution in [2.75, 3.05) is 30.6 Å². The molecule has 93 heavy (non-hydrogen) atoms. The molecule has 4 fully saturated rings. The molecule has 2 aliphatic heterocycles. The first kappa shape index (κ1) is 76.7. The first-order chi connectivity index (χ1) is 43.5. The molecule has 4 saturated carbocycles. The molecule has 512 valence electrons. The van der Waals surface area contributed by atoms with Crippen LogP contribution in [0.5, 0.6) is 0 Å². The standard InChI is InChI=1S/2C36H56N4O6.Zn/c2*1-12-43-40-34-28(17-44-46-33-22(6)15-19(3)16-23(33)7)24(8)30(38-34)26(10)31-25(9)29(35(39-31)37-27(11)41)36(42)45-32-20(4)13-18(2)14-21(32)5;/h2*18-23,32-33H,12-17H2,1-11H3,(H3,37,38,39,40,41,42);/q;;+2/p-2. The van der Waals surface area contributed by atoms with E-state index in [0.717, 1.165) is 84.8 Å². The first-order valence-corrected chi connectivity index (χ1v) is 34.1. The second kappa shape index (κ2) is 34.1. The van der Waals surface area contributed by atoms with E-state index in [0.29, 0.717) is 106 Å². The number of amides is 2. The summed E-state index contributed by atoms with van der Waals surface area (Å²) in [6, 6.07) is 0. The number of anilines is 2. The van der Waals surface area contributed by atoms with Gasteiger partial charge in [0.05, 0.1) is 35.8 Å². The number of carbonyl (C=O) groups excluding carboxylic acids is 4. The topological polar surface area (TPSA) is 243 Å². The van der Waals surface area contributed by atoms with Crippen molar-refractivity contribution in [3.63, 3.8) is 0 Å². The van der Waals surface area contributed by atoms with Crippen LogP contribution in [0.15, 0.2) is 43.7 Å². The molecule has 2 amide bonds. The van der Waals surface area contributed by atoms with E-state index < -0.39 is 11.9 Å². The van der Waals surface area contributed by atoms with Crippen molar-refractivity contribution in [3.05, 3.63) is 67.3 Å². The molecule has 4 heterocycles. The fraction of sp³-hybridized carbons (Fsp3) is 0.694. The van der Waals surface area contributed by atoms with E-state index in [1.165, 1.54) is 13.8 Å². The molecule has 8 atom stereocenters. The summed E-state index contributed by atoms with van der Waals surface area (Å²) in [6.07, 6.45) is 8.15. The van der Waals surface area contributed by atoms with E-state index in [2.05, 4.69) is 105 Å². The monoisotopic (exact) mass is 1340 g/mol. The Morgan fingerprint density at radius 3 is 1.31 bits per heavy atom. The number of hydrogen-bond donors (Lipinski definition) is 4. The van der Waals surface area contributed by atoms with Crippen LogP contribution < -0.4 is 31.6 Å². The maximum atomic E-state index is 13.7. The van der Waals surface area contributed by atoms with E-state index >= 15 is 0 Å². The molecular formula is C72H110N8O12Zn. The van der Waals surface area contributed by atoms with Gasteiger partial charge in [-0.25, -0.2) is 44.6 Å². The van der Waals surface area contributed by atoms with Gasteiger partial charge < -0.3 is 40.4 Å². The summed E-state index contributed by atoms with van der Waals surface area (Å²) in [6.45, 7) is 45.8. The van der Waals surface area contributed by atoms with Gasteiger partial charge in [-0.15, -0.1) is 0 Å². The van der Waals surface area contributed by atoms with Crippen molar-refractivity contribution >= 4 is 58.2 Å². The molecule has 4 N–H and O–H groups in total. The Morgan fingerprint density at radius 1 is 0.473 bits per heavy atom. The van der Waals surface area contributed by atoms with Crippen molar-refractivity contribution in [1.82, 2.24) is 20.8 Å². The third kappa shape index (κ3) is 18.6. The van der Waals surface area contributed by atoms with Gasteiger partial charge in [-0.05, 0) is 247 Å². The van der Waals surface area contributed by atoms with Gasteiger partial charge in [0.15, 0.2) is 5.84 Å². The average molecular weight is 1350 g/mol. The number of rotatable bonds is 20. The predicted molar refractivity (Wildman–Crippen MR) is 359 cm³/mol. The van der Waals surface area contributed by atoms with Gasteiger partial charge >= 0.3 is 31.4 Å². The Balaban J connectivity index is 0.000000292. The van der Waals surface area contributed by atoms with Crippen LogP contribution in [0.3, 0.4) is 0 Å². The summed E-state index contributed by atoms with van der Waals surface area (Å²) in [5.74, 6) is 5.05. The number of amidine groups is 2. The number of esters is 2. The summed E-state index contributed by atoms with van der Waals surface area (Å²) < 4.78 is 12.3. The van der Waals surface area contributed by atoms with E-state index in [-0.39, 0.29) is 115 Å². The Bertz CT molecular complexity index is 3130. The molecule has 8 rings (SSSR count). The molecule has 20 nitrogen and oxygen atoms in total. The van der Waals surface area contributed by atoms with Crippen LogP contribution in [-0.2, 0) is 79.2 Å². The van der Waals surface area contributed by atoms with Gasteiger partial charge in [0.1, 0.15) is 42.7 Å². The van der Waals surface area contributed by atoms with Crippen LogP contribution in [0, 0.1) is 84.9 Å². The smallest absolute Gasteiger partial charge is 0.458 e. The molecule has 8 unspecified atom stereocenters. The molecule has 4 aliphatic carbocycles. The Kier molecular flexibility index (Phi) is 28.1. The Labute approximate surface area is 567 Å². The van der Waals surface area contributed by atoms with Gasteiger partial charge in [-0.2, -0.15) is 0 Å². The van der Waals surface area contributed by atoms with Crippen molar-refractivity contribution in [3.8, 4) is 0 Å². The number of aliphatic imine (C=N–C) groups is 2. The Morgan fingerprint density at radius 2 is 0.860 bits per heavy atom. The second-order valence-electron chi connectivity index (χ2n) is 28.6. The molecular weight excluding hydrogens is 1230 g/mol. The summed E-state index contributed by atoms with van der Waals surface area (Å²) in [4.78, 5) is 106. The maximum absolute atomic E-state index is 13.7. The van der Waals surface area contributed by atoms with E-state index in [9.17, 15) is 19.2 Å². The number of ether oxygens (including phenoxy) is 2. The van der Waals surface area contributed by atoms with E-state index in [1.807, 2.05) is 55.4 Å². The van der Waals surface area contributed by atoms with Gasteiger partial charge in [0.2, 0.25) is 5.91 Å². The van der Waals surface area contributed by atoms with Crippen molar-refractivity contribution < 1.29 is 77.4 Å². The summed E-state index contributed by atoms with van der Waals surface area (Å²) >= 11 is 0. The minimum Gasteiger partial charge on any atom is -0.458 e. The molecule has 0 spiro atoms. The zero-order valence-corrected chi connectivity index (χ0v) is 63.1. The normalized spacial score (nSPS) is 30.7. The third-order valence-corrected chi connectivity index (χ3v) is 20.0. The van der Waals surface area contributed by atoms with Crippen LogP contribution in [0.2, 0.25) is 0 Å². The van der Waals surface area contributed by atoms with Crippen molar-refractivity contribution in [1.29, 1.82) is 0 Å². The fourth-order valence-electron chi connectivity index (χ4n) is 16.1. The first-order valence-electron chi connectivity index (χ1n) is 34.1. The summed E-state index contributed by atoms with van der Waals surface area (Å²) in [5, 5.41) is 5.53. The second-order valence-corrected chi connectivity index (χ2v) is 28.6. The van der Waals surface area contributed by atoms with Crippen LogP contribution in [0.1, 0.15) is 228 Å². The molecule has 0 bridgehead atoms. The van der Waals surface area contributed by atoms with Crippen molar-refractivity contribution in [2.45, 2.75) is 235 Å². The quantitative estimate of drug-likeness (QED) is 0.0417. The third-order valence-electron chi connectivity index (χ3n) is 20.0. The summed E-state index contributed by atoms with van der Waals surface area (Å²) in [7, 11) is 0. The number of aromatic nitrogens is 2. The maximum Gasteiger partial charge on any atom is 2.00 e. The van der Waals surface area contributed by atoms with E-state index in [1.54, 1.807) is 0 Å². The SMILES string of the molecule is CCONC1=N/C(=C(/C)c2[n-]c(NC(C)=O)c(C(=O)OC3C(C)CC(C)CC3C)c2C)C(C)=C1COOC1C(C)CC(C)CC1C.CCONc1[n-]c(/C(C)=C2\N=C(NC(C)=O)C(C(=O)OC3C(C)CC(C)CC3C)=C2C)c(C)c1COOC1C(C)CC(C)CC1C.[Zn+2]. The molecule has 2 aromatic rings. The van der Waals surface area contributed by atoms with Gasteiger partial charge in [-0.1, -0.05) is 83.1 Å². The summed E-state index contributed by atoms with van der Waals surface area (Å²) in [5.41, 5.74) is 15.2. The number of hydrogen-bond acceptors (Lipinski definition) is 16. The number of carbonyl (C=O) groups is 4. The average Bonchev–Trinajstić information content (AvgIpc) is 1.64. The molecule has 2 aromatic heterocycles. The van der Waals surface area contributed by atoms with Gasteiger partial charge in [0.25, 0.3) is 0 Å². The van der Waals surface area contributed by atoms with Gasteiger partial charge in [0, 0.05) is 19.1 Å². The van der Waals surface area contributed by atoms with Gasteiger partial charge in [-0.3, -0.25) is 14.4 Å². The molecule has 0 aromatic carbocycles. The van der Waals surface area contributed by atoms with Crippen LogP contribution in [0.25, 0.3) is 11.1 Å². The minimum atomic E-state index is -0.469. The zero-order chi connectivity index (χ0) is 67.7. The van der Waals surface area contributed by atoms with Crippen LogP contribution >= 0.6 is 0 Å². The zero-order valence-electron chi connectivity index (χ0n) is 60.1. The van der Waals surface area contributed by atoms with Crippen LogP contribution in [-0.4, -0.2) is 79.7 Å². The number of hydroxylamine groups is 1. The molecule has 6 aliphatic rings. The predicted octanol–water partition coefficient (Wildman–Crippen LogP) is 14.2. The number of allylic oxidation sites excluding steroid dienone is 4. The molecule has 21 heteroatoms. The minimum absolute atomic E-state index is 0. The van der Waals surface area contributed by atoms with Crippen LogP contribution in [0.4, 0.5) is 11.6 Å². The largest absolute Gasteiger partial charge is 2.00 e.